The van der Waals surface area contributed by atoms with Crippen molar-refractivity contribution in [1.29, 1.82) is 0 Å². The highest BCUT2D eigenvalue weighted by Gasteiger charge is 2.20. The van der Waals surface area contributed by atoms with Crippen molar-refractivity contribution >= 4 is 16.8 Å². The van der Waals surface area contributed by atoms with E-state index in [1.165, 1.54) is 12.8 Å². The molecule has 0 atom stereocenters. The maximum atomic E-state index is 12.8. The number of nitrogens with zero attached hydrogens (tertiary/aromatic N) is 3. The van der Waals surface area contributed by atoms with Crippen molar-refractivity contribution in [2.24, 2.45) is 0 Å². The van der Waals surface area contributed by atoms with Gasteiger partial charge >= 0.3 is 0 Å². The smallest absolute Gasteiger partial charge is 0.272 e. The summed E-state index contributed by atoms with van der Waals surface area (Å²) in [6.45, 7) is 7.86. The minimum Gasteiger partial charge on any atom is -0.494 e. The van der Waals surface area contributed by atoms with Crippen LogP contribution in [0.25, 0.3) is 10.9 Å². The Morgan fingerprint density at radius 2 is 2.04 bits per heavy atom. The van der Waals surface area contributed by atoms with Gasteiger partial charge in [-0.1, -0.05) is 38.3 Å². The van der Waals surface area contributed by atoms with Crippen LogP contribution in [-0.2, 0) is 11.3 Å². The Balaban J connectivity index is 1.75. The molecule has 0 unspecified atom stereocenters. The summed E-state index contributed by atoms with van der Waals surface area (Å²) >= 11 is 0. The first-order valence-electron chi connectivity index (χ1n) is 10.4. The molecule has 1 aromatic carbocycles. The Kier molecular flexibility index (Phi) is 7.68. The van der Waals surface area contributed by atoms with E-state index in [1.807, 2.05) is 22.9 Å². The zero-order valence-electron chi connectivity index (χ0n) is 17.1. The van der Waals surface area contributed by atoms with E-state index < -0.39 is 0 Å². The van der Waals surface area contributed by atoms with Gasteiger partial charge in [0.05, 0.1) is 26.9 Å². The zero-order chi connectivity index (χ0) is 19.8. The molecule has 0 aliphatic carbocycles. The number of benzene rings is 1. The number of hydrogen-bond donors (Lipinski definition) is 1. The van der Waals surface area contributed by atoms with Gasteiger partial charge < -0.3 is 14.8 Å². The van der Waals surface area contributed by atoms with Gasteiger partial charge in [-0.3, -0.25) is 14.4 Å². The van der Waals surface area contributed by atoms with E-state index in [0.29, 0.717) is 18.8 Å². The lowest BCUT2D eigenvalue weighted by molar-refractivity contribution is 0.0361. The van der Waals surface area contributed by atoms with Crippen LogP contribution < -0.4 is 10.1 Å². The highest BCUT2D eigenvalue weighted by atomic mass is 16.5. The Labute approximate surface area is 167 Å². The van der Waals surface area contributed by atoms with Gasteiger partial charge in [-0.15, -0.1) is 0 Å². The second-order valence-electron chi connectivity index (χ2n) is 7.20. The minimum absolute atomic E-state index is 0.111. The van der Waals surface area contributed by atoms with E-state index in [4.69, 9.17) is 9.47 Å². The second kappa shape index (κ2) is 10.4. The summed E-state index contributed by atoms with van der Waals surface area (Å²) in [5.74, 6) is 0.633. The quantitative estimate of drug-likeness (QED) is 0.634. The van der Waals surface area contributed by atoms with Crippen molar-refractivity contribution < 1.29 is 14.3 Å². The average Bonchev–Trinajstić information content (AvgIpc) is 3.12. The van der Waals surface area contributed by atoms with Crippen molar-refractivity contribution in [3.8, 4) is 5.75 Å². The lowest BCUT2D eigenvalue weighted by Gasteiger charge is -2.26. The summed E-state index contributed by atoms with van der Waals surface area (Å²) in [5.41, 5.74) is 1.36. The number of carbonyl (C=O) groups excluding carboxylic acids is 1. The molecule has 1 amide bonds. The molecule has 7 nitrogen and oxygen atoms in total. The minimum atomic E-state index is -0.111. The Hall–Kier alpha value is -2.12. The third-order valence-corrected chi connectivity index (χ3v) is 5.22. The van der Waals surface area contributed by atoms with E-state index in [-0.39, 0.29) is 5.91 Å². The van der Waals surface area contributed by atoms with Gasteiger partial charge in [0.2, 0.25) is 0 Å². The fourth-order valence-electron chi connectivity index (χ4n) is 3.60. The maximum absolute atomic E-state index is 12.8. The third kappa shape index (κ3) is 5.02. The molecule has 1 saturated heterocycles. The summed E-state index contributed by atoms with van der Waals surface area (Å²) in [4.78, 5) is 15.1. The number of amides is 1. The van der Waals surface area contributed by atoms with Gasteiger partial charge in [0.1, 0.15) is 11.3 Å². The average molecular weight is 389 g/mol. The van der Waals surface area contributed by atoms with Crippen molar-refractivity contribution in [1.82, 2.24) is 20.0 Å². The van der Waals surface area contributed by atoms with Crippen LogP contribution in [0.2, 0.25) is 0 Å². The van der Waals surface area contributed by atoms with E-state index >= 15 is 0 Å². The SMILES string of the molecule is CCCCCCNC(=O)c1nn(CCN2CCOCC2)c2c(OC)cccc12. The highest BCUT2D eigenvalue weighted by Crippen LogP contribution is 2.28. The molecule has 1 aliphatic rings. The lowest BCUT2D eigenvalue weighted by Crippen LogP contribution is -2.38. The molecule has 2 aromatic rings. The van der Waals surface area contributed by atoms with Crippen molar-refractivity contribution in [2.45, 2.75) is 39.2 Å². The fourth-order valence-corrected chi connectivity index (χ4v) is 3.60. The zero-order valence-corrected chi connectivity index (χ0v) is 17.1. The van der Waals surface area contributed by atoms with Gasteiger partial charge in [-0.2, -0.15) is 5.10 Å². The predicted molar refractivity (Wildman–Crippen MR) is 110 cm³/mol. The van der Waals surface area contributed by atoms with Gasteiger partial charge in [-0.05, 0) is 12.5 Å². The molecule has 154 valence electrons. The van der Waals surface area contributed by atoms with Crippen LogP contribution in [-0.4, -0.2) is 67.1 Å². The van der Waals surface area contributed by atoms with E-state index in [1.54, 1.807) is 7.11 Å². The number of methoxy groups -OCH3 is 1. The van der Waals surface area contributed by atoms with Crippen LogP contribution in [0, 0.1) is 0 Å². The standard InChI is InChI=1S/C21H32N4O3/c1-3-4-5-6-10-22-21(26)19-17-8-7-9-18(27-2)20(17)25(23-19)12-11-24-13-15-28-16-14-24/h7-9H,3-6,10-16H2,1-2H3,(H,22,26). The summed E-state index contributed by atoms with van der Waals surface area (Å²) in [5, 5.41) is 8.53. The Morgan fingerprint density at radius 3 is 2.79 bits per heavy atom. The van der Waals surface area contributed by atoms with E-state index in [9.17, 15) is 4.79 Å². The second-order valence-corrected chi connectivity index (χ2v) is 7.20. The normalized spacial score (nSPS) is 15.1. The molecule has 1 aliphatic heterocycles. The van der Waals surface area contributed by atoms with E-state index in [2.05, 4.69) is 22.2 Å². The topological polar surface area (TPSA) is 68.6 Å². The van der Waals surface area contributed by atoms with Crippen LogP contribution in [0.1, 0.15) is 43.1 Å². The van der Waals surface area contributed by atoms with Crippen molar-refractivity contribution in [3.63, 3.8) is 0 Å². The fraction of sp³-hybridized carbons (Fsp3) is 0.619. The van der Waals surface area contributed by atoms with Gasteiger partial charge in [0, 0.05) is 31.6 Å². The molecule has 28 heavy (non-hydrogen) atoms. The van der Waals surface area contributed by atoms with Crippen LogP contribution in [0.4, 0.5) is 0 Å². The molecule has 3 rings (SSSR count). The summed E-state index contributed by atoms with van der Waals surface area (Å²) in [6.07, 6.45) is 4.52. The number of para-hydroxylation sites is 1. The Bertz CT molecular complexity index is 768. The van der Waals surface area contributed by atoms with E-state index in [0.717, 1.165) is 62.3 Å². The number of carbonyl (C=O) groups is 1. The van der Waals surface area contributed by atoms with Crippen molar-refractivity contribution in [2.75, 3.05) is 46.5 Å². The first-order chi connectivity index (χ1) is 13.7. The molecule has 0 saturated carbocycles. The summed E-state index contributed by atoms with van der Waals surface area (Å²) in [6, 6.07) is 5.77. The Morgan fingerprint density at radius 1 is 1.21 bits per heavy atom. The van der Waals surface area contributed by atoms with Gasteiger partial charge in [-0.25, -0.2) is 0 Å². The molecule has 0 bridgehead atoms. The monoisotopic (exact) mass is 388 g/mol. The number of ether oxygens (including phenoxy) is 2. The number of fused-ring (bicyclic) bond motifs is 1. The molecule has 1 fully saturated rings. The number of unbranched alkanes of at least 4 members (excludes halogenated alkanes) is 3. The molecule has 2 heterocycles. The number of nitrogens with one attached hydrogen (secondary N) is 1. The number of aromatic nitrogens is 2. The first kappa shape index (κ1) is 20.6. The molecule has 1 N–H and O–H groups in total. The predicted octanol–water partition coefficient (Wildman–Crippen LogP) is 2.69. The van der Waals surface area contributed by atoms with Crippen LogP contribution in [0.3, 0.4) is 0 Å². The first-order valence-corrected chi connectivity index (χ1v) is 10.4. The van der Waals surface area contributed by atoms with Crippen LogP contribution in [0.15, 0.2) is 18.2 Å². The molecular weight excluding hydrogens is 356 g/mol. The molecule has 0 spiro atoms. The molecular formula is C21H32N4O3. The number of rotatable bonds is 10. The summed E-state index contributed by atoms with van der Waals surface area (Å²) in [7, 11) is 1.65. The number of hydrogen-bond acceptors (Lipinski definition) is 5. The third-order valence-electron chi connectivity index (χ3n) is 5.22. The molecule has 1 aromatic heterocycles. The molecule has 7 heteroatoms. The lowest BCUT2D eigenvalue weighted by atomic mass is 10.1. The highest BCUT2D eigenvalue weighted by molar-refractivity contribution is 6.06. The molecule has 0 radical (unpaired) electrons. The van der Waals surface area contributed by atoms with Gasteiger partial charge in [0.25, 0.3) is 5.91 Å². The largest absolute Gasteiger partial charge is 0.494 e. The van der Waals surface area contributed by atoms with Crippen LogP contribution >= 0.6 is 0 Å². The number of morpholine rings is 1. The van der Waals surface area contributed by atoms with Crippen molar-refractivity contribution in [3.05, 3.63) is 23.9 Å². The van der Waals surface area contributed by atoms with Crippen LogP contribution in [0.5, 0.6) is 5.75 Å². The summed E-state index contributed by atoms with van der Waals surface area (Å²) < 4.78 is 12.9. The maximum Gasteiger partial charge on any atom is 0.272 e. The van der Waals surface area contributed by atoms with Gasteiger partial charge in [0.15, 0.2) is 5.69 Å².